The largest absolute Gasteiger partial charge is 0.336 e. The van der Waals surface area contributed by atoms with Gasteiger partial charge in [0.05, 0.1) is 5.54 Å². The molecule has 0 atom stereocenters. The van der Waals surface area contributed by atoms with Gasteiger partial charge in [-0.3, -0.25) is 9.20 Å². The van der Waals surface area contributed by atoms with Crippen LogP contribution < -0.4 is 10.9 Å². The zero-order valence-electron chi connectivity index (χ0n) is 13.6. The van der Waals surface area contributed by atoms with Crippen LogP contribution in [-0.2, 0) is 6.54 Å². The maximum atomic E-state index is 12.3. The zero-order valence-corrected chi connectivity index (χ0v) is 14.4. The Morgan fingerprint density at radius 2 is 1.91 bits per heavy atom. The minimum Gasteiger partial charge on any atom is -0.336 e. The molecule has 122 valence electrons. The third kappa shape index (κ3) is 2.28. The van der Waals surface area contributed by atoms with Gasteiger partial charge in [0, 0.05) is 36.4 Å². The van der Waals surface area contributed by atoms with Gasteiger partial charge in [0.1, 0.15) is 12.2 Å². The minimum atomic E-state index is 0.0719. The van der Waals surface area contributed by atoms with Crippen molar-refractivity contribution in [3.05, 3.63) is 33.2 Å². The molecule has 0 spiro atoms. The number of aryl methyl sites for hydroxylation is 1. The van der Waals surface area contributed by atoms with E-state index in [-0.39, 0.29) is 5.56 Å². The predicted molar refractivity (Wildman–Crippen MR) is 90.6 cm³/mol. The molecule has 0 aliphatic heterocycles. The molecule has 0 saturated heterocycles. The highest BCUT2D eigenvalue weighted by Gasteiger charge is 2.53. The number of rotatable bonds is 3. The van der Waals surface area contributed by atoms with E-state index in [2.05, 4.69) is 5.32 Å². The molecule has 4 bridgehead atoms. The molecule has 2 heterocycles. The van der Waals surface area contributed by atoms with Gasteiger partial charge in [0.2, 0.25) is 0 Å². The van der Waals surface area contributed by atoms with Crippen molar-refractivity contribution in [3.8, 4) is 0 Å². The van der Waals surface area contributed by atoms with Crippen LogP contribution in [0.2, 0.25) is 0 Å². The molecule has 2 aromatic rings. The number of aromatic nitrogens is 2. The van der Waals surface area contributed by atoms with Gasteiger partial charge in [0.15, 0.2) is 4.96 Å². The molecule has 5 heteroatoms. The Morgan fingerprint density at radius 3 is 2.57 bits per heavy atom. The maximum Gasteiger partial charge on any atom is 0.259 e. The molecule has 23 heavy (non-hydrogen) atoms. The van der Waals surface area contributed by atoms with Crippen LogP contribution in [0.15, 0.2) is 16.2 Å². The van der Waals surface area contributed by atoms with E-state index >= 15 is 0 Å². The Kier molecular flexibility index (Phi) is 3.02. The zero-order chi connectivity index (χ0) is 15.6. The monoisotopic (exact) mass is 330 g/mol. The molecule has 4 saturated carbocycles. The lowest BCUT2D eigenvalue weighted by atomic mass is 9.53. The molecule has 2 N–H and O–H groups in total. The molecule has 6 rings (SSSR count). The van der Waals surface area contributed by atoms with E-state index in [1.165, 1.54) is 38.5 Å². The Bertz CT molecular complexity index is 786. The summed E-state index contributed by atoms with van der Waals surface area (Å²) in [5.74, 6) is 2.91. The predicted octanol–water partition coefficient (Wildman–Crippen LogP) is 2.10. The lowest BCUT2D eigenvalue weighted by Gasteiger charge is -2.54. The van der Waals surface area contributed by atoms with Crippen molar-refractivity contribution in [1.29, 1.82) is 0 Å². The van der Waals surface area contributed by atoms with E-state index < -0.39 is 0 Å². The minimum absolute atomic E-state index is 0.0719. The molecule has 0 unspecified atom stereocenters. The van der Waals surface area contributed by atoms with E-state index in [4.69, 9.17) is 4.98 Å². The molecule has 4 aliphatic rings. The summed E-state index contributed by atoms with van der Waals surface area (Å²) in [5.41, 5.74) is 2.46. The van der Waals surface area contributed by atoms with Gasteiger partial charge in [-0.1, -0.05) is 0 Å². The highest BCUT2D eigenvalue weighted by Crippen LogP contribution is 2.54. The van der Waals surface area contributed by atoms with Crippen LogP contribution >= 0.6 is 11.3 Å². The second kappa shape index (κ2) is 4.90. The van der Waals surface area contributed by atoms with Crippen LogP contribution in [0.4, 0.5) is 0 Å². The fraction of sp³-hybridized carbons (Fsp3) is 0.667. The molecule has 0 radical (unpaired) electrons. The highest BCUT2D eigenvalue weighted by molar-refractivity contribution is 7.15. The van der Waals surface area contributed by atoms with Crippen LogP contribution in [0.3, 0.4) is 0 Å². The number of thiazole rings is 1. The number of fused-ring (bicyclic) bond motifs is 1. The van der Waals surface area contributed by atoms with Crippen LogP contribution in [0.1, 0.15) is 49.9 Å². The molecule has 4 fully saturated rings. The molecular formula is C18H24N3OS+. The van der Waals surface area contributed by atoms with Crippen LogP contribution in [0.5, 0.6) is 0 Å². The summed E-state index contributed by atoms with van der Waals surface area (Å²) >= 11 is 1.57. The summed E-state index contributed by atoms with van der Waals surface area (Å²) in [5, 5.41) is 4.55. The van der Waals surface area contributed by atoms with Gasteiger partial charge in [-0.2, -0.15) is 0 Å². The normalized spacial score (nSPS) is 35.3. The molecule has 4 aliphatic carbocycles. The standard InChI is InChI=1S/C18H23N3OS/c1-11-10-23-17-20-15(5-16(22)21(11)17)9-19-18-6-12-2-13(7-18)4-14(3-12)8-18/h5,10,12-14,19H,2-4,6-9H2,1H3/p+1. The van der Waals surface area contributed by atoms with Crippen molar-refractivity contribution in [2.45, 2.75) is 57.5 Å². The van der Waals surface area contributed by atoms with Crippen LogP contribution in [0.25, 0.3) is 4.96 Å². The van der Waals surface area contributed by atoms with Crippen molar-refractivity contribution < 1.29 is 5.32 Å². The van der Waals surface area contributed by atoms with Crippen molar-refractivity contribution in [2.24, 2.45) is 17.8 Å². The number of nitrogens with two attached hydrogens (primary N) is 1. The van der Waals surface area contributed by atoms with Gasteiger partial charge < -0.3 is 5.32 Å². The second-order valence-corrected chi connectivity index (χ2v) is 9.11. The average Bonchev–Trinajstić information content (AvgIpc) is 2.86. The van der Waals surface area contributed by atoms with E-state index in [0.717, 1.165) is 40.6 Å². The van der Waals surface area contributed by atoms with Crippen LogP contribution in [-0.4, -0.2) is 14.9 Å². The maximum absolute atomic E-state index is 12.3. The fourth-order valence-corrected chi connectivity index (χ4v) is 6.84. The fourth-order valence-electron chi connectivity index (χ4n) is 5.95. The van der Waals surface area contributed by atoms with Crippen molar-refractivity contribution >= 4 is 16.3 Å². The van der Waals surface area contributed by atoms with E-state index in [0.29, 0.717) is 5.54 Å². The Morgan fingerprint density at radius 1 is 1.26 bits per heavy atom. The van der Waals surface area contributed by atoms with Gasteiger partial charge in [-0.05, 0) is 43.9 Å². The third-order valence-electron chi connectivity index (χ3n) is 6.46. The SMILES string of the molecule is Cc1csc2nc(C[NH2+]C34CC5CC(CC(C5)C3)C4)cc(=O)n12. The number of hydrogen-bond acceptors (Lipinski definition) is 3. The Balaban J connectivity index is 1.39. The Labute approximate surface area is 139 Å². The van der Waals surface area contributed by atoms with Crippen LogP contribution in [0, 0.1) is 24.7 Å². The first-order chi connectivity index (χ1) is 11.1. The summed E-state index contributed by atoms with van der Waals surface area (Å²) in [7, 11) is 0. The first-order valence-corrected chi connectivity index (χ1v) is 9.79. The first kappa shape index (κ1) is 14.2. The van der Waals surface area contributed by atoms with Gasteiger partial charge in [-0.15, -0.1) is 11.3 Å². The van der Waals surface area contributed by atoms with E-state index in [1.807, 2.05) is 12.3 Å². The number of hydrogen-bond donors (Lipinski definition) is 1. The topological polar surface area (TPSA) is 51.0 Å². The Hall–Kier alpha value is -1.20. The lowest BCUT2D eigenvalue weighted by Crippen LogP contribution is -2.97. The molecule has 2 aromatic heterocycles. The van der Waals surface area contributed by atoms with Gasteiger partial charge >= 0.3 is 0 Å². The van der Waals surface area contributed by atoms with E-state index in [1.54, 1.807) is 21.8 Å². The number of quaternary nitrogens is 1. The molecule has 0 aromatic carbocycles. The number of nitrogens with zero attached hydrogens (tertiary/aromatic N) is 2. The van der Waals surface area contributed by atoms with Gasteiger partial charge in [0.25, 0.3) is 5.56 Å². The highest BCUT2D eigenvalue weighted by atomic mass is 32.1. The summed E-state index contributed by atoms with van der Waals surface area (Å²) in [6.45, 7) is 2.82. The summed E-state index contributed by atoms with van der Waals surface area (Å²) < 4.78 is 1.72. The quantitative estimate of drug-likeness (QED) is 0.937. The molecular weight excluding hydrogens is 306 g/mol. The third-order valence-corrected chi connectivity index (χ3v) is 7.40. The summed E-state index contributed by atoms with van der Waals surface area (Å²) in [6, 6.07) is 1.74. The lowest BCUT2D eigenvalue weighted by molar-refractivity contribution is -0.753. The molecule has 0 amide bonds. The molecule has 4 nitrogen and oxygen atoms in total. The summed E-state index contributed by atoms with van der Waals surface area (Å²) in [6.07, 6.45) is 8.60. The van der Waals surface area contributed by atoms with Gasteiger partial charge in [-0.25, -0.2) is 4.98 Å². The van der Waals surface area contributed by atoms with E-state index in [9.17, 15) is 4.79 Å². The first-order valence-electron chi connectivity index (χ1n) is 8.91. The van der Waals surface area contributed by atoms with Crippen molar-refractivity contribution in [3.63, 3.8) is 0 Å². The van der Waals surface area contributed by atoms with Crippen molar-refractivity contribution in [2.75, 3.05) is 0 Å². The second-order valence-electron chi connectivity index (χ2n) is 8.27. The summed E-state index contributed by atoms with van der Waals surface area (Å²) in [4.78, 5) is 17.9. The smallest absolute Gasteiger partial charge is 0.259 e. The average molecular weight is 330 g/mol. The van der Waals surface area contributed by atoms with Crippen molar-refractivity contribution in [1.82, 2.24) is 9.38 Å².